The first-order chi connectivity index (χ1) is 12.8. The summed E-state index contributed by atoms with van der Waals surface area (Å²) in [5.74, 6) is -1.60. The lowest BCUT2D eigenvalue weighted by Crippen LogP contribution is -2.30. The molecule has 1 amide bonds. The van der Waals surface area contributed by atoms with Crippen molar-refractivity contribution in [2.45, 2.75) is 31.8 Å². The SMILES string of the molecule is CCN(CC)S(=O)(=O)c1ccc(CNC(=O)Cn2cc(C(=O)O)nn2)cc1. The first-order valence-corrected chi connectivity index (χ1v) is 9.71. The highest BCUT2D eigenvalue weighted by atomic mass is 32.2. The molecule has 0 radical (unpaired) electrons. The third-order valence-electron chi connectivity index (χ3n) is 3.82. The van der Waals surface area contributed by atoms with E-state index >= 15 is 0 Å². The predicted octanol–water partition coefficient (Wildman–Crippen LogP) is 0.323. The van der Waals surface area contributed by atoms with E-state index in [0.29, 0.717) is 13.1 Å². The van der Waals surface area contributed by atoms with Crippen LogP contribution in [0.2, 0.25) is 0 Å². The van der Waals surface area contributed by atoms with Gasteiger partial charge in [-0.05, 0) is 17.7 Å². The minimum Gasteiger partial charge on any atom is -0.476 e. The van der Waals surface area contributed by atoms with E-state index in [1.807, 2.05) is 0 Å². The number of benzene rings is 1. The number of hydrogen-bond acceptors (Lipinski definition) is 6. The van der Waals surface area contributed by atoms with Gasteiger partial charge in [0, 0.05) is 19.6 Å². The van der Waals surface area contributed by atoms with E-state index in [1.54, 1.807) is 26.0 Å². The molecule has 146 valence electrons. The van der Waals surface area contributed by atoms with Gasteiger partial charge in [-0.15, -0.1) is 5.10 Å². The molecule has 0 saturated carbocycles. The normalized spacial score (nSPS) is 11.5. The number of carboxylic acid groups (broad SMARTS) is 1. The van der Waals surface area contributed by atoms with Crippen LogP contribution in [0.4, 0.5) is 0 Å². The van der Waals surface area contributed by atoms with Crippen molar-refractivity contribution in [3.05, 3.63) is 41.7 Å². The Morgan fingerprint density at radius 2 is 1.81 bits per heavy atom. The molecule has 1 heterocycles. The van der Waals surface area contributed by atoms with Crippen LogP contribution in [0, 0.1) is 0 Å². The fraction of sp³-hybridized carbons (Fsp3) is 0.375. The minimum absolute atomic E-state index is 0.172. The molecule has 0 aliphatic heterocycles. The van der Waals surface area contributed by atoms with E-state index in [1.165, 1.54) is 16.4 Å². The molecule has 1 aromatic heterocycles. The van der Waals surface area contributed by atoms with Gasteiger partial charge >= 0.3 is 5.97 Å². The summed E-state index contributed by atoms with van der Waals surface area (Å²) in [6.45, 7) is 4.36. The lowest BCUT2D eigenvalue weighted by Gasteiger charge is -2.18. The van der Waals surface area contributed by atoms with Crippen molar-refractivity contribution < 1.29 is 23.1 Å². The van der Waals surface area contributed by atoms with E-state index in [0.717, 1.165) is 16.4 Å². The fourth-order valence-corrected chi connectivity index (χ4v) is 3.83. The van der Waals surface area contributed by atoms with Crippen LogP contribution in [0.3, 0.4) is 0 Å². The summed E-state index contributed by atoms with van der Waals surface area (Å²) < 4.78 is 27.3. The summed E-state index contributed by atoms with van der Waals surface area (Å²) >= 11 is 0. The Hall–Kier alpha value is -2.79. The summed E-state index contributed by atoms with van der Waals surface area (Å²) in [6.07, 6.45) is 1.16. The average molecular weight is 395 g/mol. The maximum atomic E-state index is 12.4. The number of carboxylic acids is 1. The molecule has 2 N–H and O–H groups in total. The second-order valence-electron chi connectivity index (χ2n) is 5.62. The molecular weight excluding hydrogens is 374 g/mol. The number of aromatic nitrogens is 3. The molecule has 0 bridgehead atoms. The van der Waals surface area contributed by atoms with Crippen molar-refractivity contribution in [1.29, 1.82) is 0 Å². The number of nitrogens with one attached hydrogen (secondary N) is 1. The summed E-state index contributed by atoms with van der Waals surface area (Å²) in [4.78, 5) is 22.8. The van der Waals surface area contributed by atoms with Gasteiger partial charge in [0.25, 0.3) is 0 Å². The van der Waals surface area contributed by atoms with Gasteiger partial charge in [0.15, 0.2) is 5.69 Å². The molecular formula is C16H21N5O5S. The zero-order valence-electron chi connectivity index (χ0n) is 15.0. The summed E-state index contributed by atoms with van der Waals surface area (Å²) in [5, 5.41) is 18.4. The number of carbonyl (C=O) groups excluding carboxylic acids is 1. The van der Waals surface area contributed by atoms with Crippen LogP contribution < -0.4 is 5.32 Å². The van der Waals surface area contributed by atoms with Crippen molar-refractivity contribution in [2.24, 2.45) is 0 Å². The number of aromatic carboxylic acids is 1. The molecule has 27 heavy (non-hydrogen) atoms. The smallest absolute Gasteiger partial charge is 0.358 e. The van der Waals surface area contributed by atoms with Gasteiger partial charge in [0.2, 0.25) is 15.9 Å². The third-order valence-corrected chi connectivity index (χ3v) is 5.88. The lowest BCUT2D eigenvalue weighted by atomic mass is 10.2. The molecule has 0 fully saturated rings. The van der Waals surface area contributed by atoms with Crippen LogP contribution in [-0.2, 0) is 27.9 Å². The Morgan fingerprint density at radius 3 is 2.33 bits per heavy atom. The van der Waals surface area contributed by atoms with Gasteiger partial charge in [-0.2, -0.15) is 4.31 Å². The van der Waals surface area contributed by atoms with Crippen molar-refractivity contribution in [1.82, 2.24) is 24.6 Å². The Morgan fingerprint density at radius 1 is 1.19 bits per heavy atom. The first kappa shape index (κ1) is 20.5. The molecule has 0 spiro atoms. The number of hydrogen-bond donors (Lipinski definition) is 2. The Balaban J connectivity index is 1.94. The number of rotatable bonds is 9. The van der Waals surface area contributed by atoms with E-state index in [2.05, 4.69) is 15.6 Å². The quantitative estimate of drug-likeness (QED) is 0.624. The second-order valence-corrected chi connectivity index (χ2v) is 7.55. The first-order valence-electron chi connectivity index (χ1n) is 8.27. The average Bonchev–Trinajstić information content (AvgIpc) is 3.10. The van der Waals surface area contributed by atoms with Crippen LogP contribution in [0.25, 0.3) is 0 Å². The van der Waals surface area contributed by atoms with E-state index in [-0.39, 0.29) is 29.6 Å². The molecule has 0 atom stereocenters. The van der Waals surface area contributed by atoms with Crippen LogP contribution in [0.15, 0.2) is 35.4 Å². The number of sulfonamides is 1. The molecule has 2 aromatic rings. The van der Waals surface area contributed by atoms with Gasteiger partial charge in [0.05, 0.1) is 11.1 Å². The minimum atomic E-state index is -3.52. The maximum Gasteiger partial charge on any atom is 0.358 e. The van der Waals surface area contributed by atoms with Gasteiger partial charge in [-0.1, -0.05) is 31.2 Å². The van der Waals surface area contributed by atoms with E-state index < -0.39 is 16.0 Å². The third kappa shape index (κ3) is 5.11. The van der Waals surface area contributed by atoms with Gasteiger partial charge in [-0.25, -0.2) is 17.9 Å². The number of carbonyl (C=O) groups is 2. The largest absolute Gasteiger partial charge is 0.476 e. The standard InChI is InChI=1S/C16H21N5O5S/c1-3-21(4-2)27(25,26)13-7-5-12(6-8-13)9-17-15(22)11-20-10-14(16(23)24)18-19-20/h5-8,10H,3-4,9,11H2,1-2H3,(H,17,22)(H,23,24). The predicted molar refractivity (Wildman–Crippen MR) is 95.4 cm³/mol. The highest BCUT2D eigenvalue weighted by Gasteiger charge is 2.21. The zero-order chi connectivity index (χ0) is 20.0. The summed E-state index contributed by atoms with van der Waals surface area (Å²) in [5.41, 5.74) is 0.486. The number of nitrogens with zero attached hydrogens (tertiary/aromatic N) is 4. The van der Waals surface area contributed by atoms with Gasteiger partial charge in [0.1, 0.15) is 6.54 Å². The zero-order valence-corrected chi connectivity index (χ0v) is 15.8. The van der Waals surface area contributed by atoms with Crippen molar-refractivity contribution in [3.8, 4) is 0 Å². The Labute approximate surface area is 156 Å². The lowest BCUT2D eigenvalue weighted by molar-refractivity contribution is -0.122. The second kappa shape index (κ2) is 8.73. The van der Waals surface area contributed by atoms with Crippen LogP contribution >= 0.6 is 0 Å². The van der Waals surface area contributed by atoms with Crippen LogP contribution in [0.1, 0.15) is 29.9 Å². The summed E-state index contributed by atoms with van der Waals surface area (Å²) in [7, 11) is -3.52. The maximum absolute atomic E-state index is 12.4. The van der Waals surface area contributed by atoms with Gasteiger partial charge in [-0.3, -0.25) is 4.79 Å². The highest BCUT2D eigenvalue weighted by Crippen LogP contribution is 2.16. The Bertz CT molecular complexity index is 904. The van der Waals surface area contributed by atoms with Crippen LogP contribution in [-0.4, -0.2) is 57.8 Å². The van der Waals surface area contributed by atoms with Crippen molar-refractivity contribution in [2.75, 3.05) is 13.1 Å². The highest BCUT2D eigenvalue weighted by molar-refractivity contribution is 7.89. The molecule has 1 aromatic carbocycles. The fourth-order valence-electron chi connectivity index (χ4n) is 2.37. The molecule has 10 nitrogen and oxygen atoms in total. The molecule has 0 saturated heterocycles. The van der Waals surface area contributed by atoms with Crippen molar-refractivity contribution in [3.63, 3.8) is 0 Å². The monoisotopic (exact) mass is 395 g/mol. The van der Waals surface area contributed by atoms with Gasteiger partial charge < -0.3 is 10.4 Å². The molecule has 11 heteroatoms. The Kier molecular flexibility index (Phi) is 6.64. The van der Waals surface area contributed by atoms with E-state index in [9.17, 15) is 18.0 Å². The molecule has 0 unspecified atom stereocenters. The van der Waals surface area contributed by atoms with E-state index in [4.69, 9.17) is 5.11 Å². The number of amides is 1. The van der Waals surface area contributed by atoms with Crippen molar-refractivity contribution >= 4 is 21.9 Å². The molecule has 0 aliphatic carbocycles. The van der Waals surface area contributed by atoms with Crippen LogP contribution in [0.5, 0.6) is 0 Å². The topological polar surface area (TPSA) is 134 Å². The molecule has 2 rings (SSSR count). The summed E-state index contributed by atoms with van der Waals surface area (Å²) in [6, 6.07) is 6.28. The molecule has 0 aliphatic rings.